The number of rotatable bonds is 5. The Morgan fingerprint density at radius 1 is 1.20 bits per heavy atom. The number of primary sulfonamides is 1. The Bertz CT molecular complexity index is 446. The minimum Gasteiger partial charge on any atom is -0.341 e. The van der Waals surface area contributed by atoms with Crippen LogP contribution in [0, 0.1) is 0 Å². The maximum absolute atomic E-state index is 11.7. The highest BCUT2D eigenvalue weighted by Gasteiger charge is 2.35. The lowest BCUT2D eigenvalue weighted by atomic mass is 10.3. The topological polar surface area (TPSA) is 86.9 Å². The maximum Gasteiger partial charge on any atom is 0.224 e. The molecule has 2 saturated heterocycles. The Morgan fingerprint density at radius 2 is 1.85 bits per heavy atom. The van der Waals surface area contributed by atoms with E-state index in [2.05, 4.69) is 16.8 Å². The van der Waals surface area contributed by atoms with Crippen LogP contribution in [0.5, 0.6) is 0 Å². The van der Waals surface area contributed by atoms with Crippen LogP contribution in [0.25, 0.3) is 0 Å². The molecule has 0 aliphatic carbocycles. The van der Waals surface area contributed by atoms with Crippen LogP contribution in [0.1, 0.15) is 12.8 Å². The Kier molecular flexibility index (Phi) is 5.00. The molecular formula is C12H24N4O3S. The van der Waals surface area contributed by atoms with E-state index in [9.17, 15) is 13.2 Å². The molecule has 2 rings (SSSR count). The van der Waals surface area contributed by atoms with Crippen LogP contribution < -0.4 is 5.14 Å². The number of carbonyl (C=O) groups excluding carboxylic acids is 1. The van der Waals surface area contributed by atoms with Gasteiger partial charge in [0.25, 0.3) is 0 Å². The summed E-state index contributed by atoms with van der Waals surface area (Å²) in [7, 11) is -1.48. The first-order valence-electron chi connectivity index (χ1n) is 7.06. The predicted octanol–water partition coefficient (Wildman–Crippen LogP) is -1.49. The van der Waals surface area contributed by atoms with E-state index >= 15 is 0 Å². The third-order valence-corrected chi connectivity index (χ3v) is 5.39. The molecule has 0 saturated carbocycles. The lowest BCUT2D eigenvalue weighted by Gasteiger charge is -2.32. The number of hydrogen-bond acceptors (Lipinski definition) is 5. The van der Waals surface area contributed by atoms with Gasteiger partial charge in [-0.25, -0.2) is 13.6 Å². The minimum absolute atomic E-state index is 0.0351. The third kappa shape index (κ3) is 4.15. The van der Waals surface area contributed by atoms with Crippen molar-refractivity contribution in [3.63, 3.8) is 0 Å². The number of carbonyl (C=O) groups is 1. The Hall–Kier alpha value is -0.700. The van der Waals surface area contributed by atoms with E-state index in [4.69, 9.17) is 5.14 Å². The van der Waals surface area contributed by atoms with E-state index in [0.29, 0.717) is 6.54 Å². The predicted molar refractivity (Wildman–Crippen MR) is 76.6 cm³/mol. The number of likely N-dealkylation sites (N-methyl/N-ethyl adjacent to an activating group) is 1. The zero-order valence-corrected chi connectivity index (χ0v) is 12.8. The normalized spacial score (nSPS) is 26.4. The fourth-order valence-electron chi connectivity index (χ4n) is 2.73. The van der Waals surface area contributed by atoms with Crippen LogP contribution in [0.4, 0.5) is 0 Å². The lowest BCUT2D eigenvalue weighted by molar-refractivity contribution is -0.127. The van der Waals surface area contributed by atoms with E-state index in [1.165, 1.54) is 0 Å². The number of likely N-dealkylation sites (tertiary alicyclic amines) is 1. The van der Waals surface area contributed by atoms with Gasteiger partial charge in [-0.2, -0.15) is 0 Å². The van der Waals surface area contributed by atoms with Crippen molar-refractivity contribution in [2.45, 2.75) is 18.1 Å². The van der Waals surface area contributed by atoms with Gasteiger partial charge in [-0.15, -0.1) is 0 Å². The molecule has 0 aromatic carbocycles. The molecule has 0 aromatic heterocycles. The van der Waals surface area contributed by atoms with Crippen molar-refractivity contribution in [3.05, 3.63) is 0 Å². The summed E-state index contributed by atoms with van der Waals surface area (Å²) in [5.74, 6) is -0.0950. The lowest BCUT2D eigenvalue weighted by Crippen LogP contribution is -2.45. The summed E-state index contributed by atoms with van der Waals surface area (Å²) in [6, 6.07) is 0. The molecule has 8 heteroatoms. The highest BCUT2D eigenvalue weighted by molar-refractivity contribution is 7.89. The quantitative estimate of drug-likeness (QED) is 0.669. The van der Waals surface area contributed by atoms with E-state index in [1.54, 1.807) is 4.90 Å². The molecule has 1 atom stereocenters. The standard InChI is InChI=1S/C12H24N4O3S/c1-14-5-7-15(8-6-14)3-2-4-16-10-11(9-12(16)17)20(13,18)19/h11H,2-10H2,1H3,(H2,13,18,19). The minimum atomic E-state index is -3.60. The number of nitrogens with two attached hydrogens (primary N) is 1. The zero-order chi connectivity index (χ0) is 14.8. The number of hydrogen-bond donors (Lipinski definition) is 1. The number of amides is 1. The smallest absolute Gasteiger partial charge is 0.224 e. The van der Waals surface area contributed by atoms with Crippen molar-refractivity contribution in [2.75, 3.05) is 52.9 Å². The average Bonchev–Trinajstić information content (AvgIpc) is 2.74. The summed E-state index contributed by atoms with van der Waals surface area (Å²) in [6.07, 6.45) is 0.917. The van der Waals surface area contributed by atoms with Crippen molar-refractivity contribution in [1.82, 2.24) is 14.7 Å². The van der Waals surface area contributed by atoms with Gasteiger partial charge in [0.05, 0.1) is 0 Å². The summed E-state index contributed by atoms with van der Waals surface area (Å²) in [5, 5.41) is 4.38. The van der Waals surface area contributed by atoms with E-state index in [0.717, 1.165) is 39.1 Å². The van der Waals surface area contributed by atoms with Gasteiger partial charge in [-0.3, -0.25) is 4.79 Å². The number of piperazine rings is 1. The largest absolute Gasteiger partial charge is 0.341 e. The molecule has 0 radical (unpaired) electrons. The van der Waals surface area contributed by atoms with Gasteiger partial charge in [-0.1, -0.05) is 0 Å². The van der Waals surface area contributed by atoms with Gasteiger partial charge < -0.3 is 14.7 Å². The first kappa shape index (κ1) is 15.7. The summed E-state index contributed by atoms with van der Waals surface area (Å²) >= 11 is 0. The summed E-state index contributed by atoms with van der Waals surface area (Å²) in [5.41, 5.74) is 0. The van der Waals surface area contributed by atoms with Gasteiger partial charge in [0.1, 0.15) is 5.25 Å². The molecule has 1 unspecified atom stereocenters. The molecule has 116 valence electrons. The molecule has 1 amide bonds. The molecule has 2 aliphatic rings. The van der Waals surface area contributed by atoms with Crippen molar-refractivity contribution in [2.24, 2.45) is 5.14 Å². The average molecular weight is 304 g/mol. The molecule has 2 aliphatic heterocycles. The van der Waals surface area contributed by atoms with Crippen molar-refractivity contribution in [1.29, 1.82) is 0 Å². The van der Waals surface area contributed by atoms with Crippen LogP contribution >= 0.6 is 0 Å². The van der Waals surface area contributed by atoms with Gasteiger partial charge in [0.2, 0.25) is 15.9 Å². The monoisotopic (exact) mass is 304 g/mol. The van der Waals surface area contributed by atoms with Crippen LogP contribution in [-0.2, 0) is 14.8 Å². The third-order valence-electron chi connectivity index (χ3n) is 4.14. The molecule has 20 heavy (non-hydrogen) atoms. The summed E-state index contributed by atoms with van der Waals surface area (Å²) in [4.78, 5) is 18.1. The molecule has 7 nitrogen and oxygen atoms in total. The highest BCUT2D eigenvalue weighted by Crippen LogP contribution is 2.16. The Balaban J connectivity index is 1.71. The molecule has 0 bridgehead atoms. The summed E-state index contributed by atoms with van der Waals surface area (Å²) < 4.78 is 22.5. The van der Waals surface area contributed by atoms with Crippen LogP contribution in [-0.4, -0.2) is 87.1 Å². The second kappa shape index (κ2) is 6.38. The van der Waals surface area contributed by atoms with E-state index < -0.39 is 15.3 Å². The van der Waals surface area contributed by atoms with Crippen LogP contribution in [0.3, 0.4) is 0 Å². The first-order chi connectivity index (χ1) is 9.36. The molecule has 2 N–H and O–H groups in total. The van der Waals surface area contributed by atoms with E-state index in [1.807, 2.05) is 0 Å². The van der Waals surface area contributed by atoms with Gasteiger partial charge in [0, 0.05) is 45.7 Å². The number of nitrogens with zero attached hydrogens (tertiary/aromatic N) is 3. The van der Waals surface area contributed by atoms with Gasteiger partial charge in [0.15, 0.2) is 0 Å². The SMILES string of the molecule is CN1CCN(CCCN2CC(S(N)(=O)=O)CC2=O)CC1. The molecule has 0 spiro atoms. The fourth-order valence-corrected chi connectivity index (χ4v) is 3.49. The second-order valence-electron chi connectivity index (χ2n) is 5.75. The van der Waals surface area contributed by atoms with Crippen LogP contribution in [0.15, 0.2) is 0 Å². The molecule has 2 fully saturated rings. The van der Waals surface area contributed by atoms with E-state index in [-0.39, 0.29) is 18.9 Å². The first-order valence-corrected chi connectivity index (χ1v) is 8.67. The fraction of sp³-hybridized carbons (Fsp3) is 0.917. The molecular weight excluding hydrogens is 280 g/mol. The second-order valence-corrected chi connectivity index (χ2v) is 7.60. The van der Waals surface area contributed by atoms with Crippen molar-refractivity contribution >= 4 is 15.9 Å². The Labute approximate surface area is 120 Å². The molecule has 2 heterocycles. The Morgan fingerprint density at radius 3 is 2.40 bits per heavy atom. The highest BCUT2D eigenvalue weighted by atomic mass is 32.2. The summed E-state index contributed by atoms with van der Waals surface area (Å²) in [6.45, 7) is 6.11. The van der Waals surface area contributed by atoms with Crippen LogP contribution in [0.2, 0.25) is 0 Å². The van der Waals surface area contributed by atoms with Gasteiger partial charge >= 0.3 is 0 Å². The van der Waals surface area contributed by atoms with Crippen molar-refractivity contribution < 1.29 is 13.2 Å². The van der Waals surface area contributed by atoms with Crippen molar-refractivity contribution in [3.8, 4) is 0 Å². The maximum atomic E-state index is 11.7. The number of sulfonamides is 1. The zero-order valence-electron chi connectivity index (χ0n) is 12.0. The van der Waals surface area contributed by atoms with Gasteiger partial charge in [-0.05, 0) is 20.0 Å². The molecule has 0 aromatic rings.